The highest BCUT2D eigenvalue weighted by Crippen LogP contribution is 2.38. The first kappa shape index (κ1) is 9.19. The summed E-state index contributed by atoms with van der Waals surface area (Å²) >= 11 is 0. The van der Waals surface area contributed by atoms with Crippen LogP contribution in [-0.4, -0.2) is 11.9 Å². The zero-order valence-corrected chi connectivity index (χ0v) is 7.86. The summed E-state index contributed by atoms with van der Waals surface area (Å²) in [5.74, 6) is -0.0787. The molecule has 0 amide bonds. The van der Waals surface area contributed by atoms with Gasteiger partial charge in [0.2, 0.25) is 0 Å². The zero-order valence-electron chi connectivity index (χ0n) is 7.86. The van der Waals surface area contributed by atoms with E-state index in [1.165, 1.54) is 25.7 Å². The van der Waals surface area contributed by atoms with Crippen molar-refractivity contribution in [1.82, 2.24) is 0 Å². The summed E-state index contributed by atoms with van der Waals surface area (Å²) < 4.78 is 3.97. The summed E-state index contributed by atoms with van der Waals surface area (Å²) in [6, 6.07) is 0. The molecule has 0 saturated heterocycles. The number of fused-ring (bicyclic) bond motifs is 2. The third-order valence-corrected chi connectivity index (χ3v) is 2.72. The second kappa shape index (κ2) is 3.78. The van der Waals surface area contributed by atoms with Gasteiger partial charge in [-0.15, -0.1) is 0 Å². The molecule has 1 heterocycles. The van der Waals surface area contributed by atoms with Crippen LogP contribution in [0.25, 0.3) is 0 Å². The minimum Gasteiger partial charge on any atom is -0.387 e. The third kappa shape index (κ3) is 2.10. The smallest absolute Gasteiger partial charge is 0.338 e. The Morgan fingerprint density at radius 1 is 1.21 bits per heavy atom. The van der Waals surface area contributed by atoms with Crippen molar-refractivity contribution in [3.8, 4) is 0 Å². The number of carbonyl (C=O) groups is 2. The van der Waals surface area contributed by atoms with E-state index in [1.807, 2.05) is 0 Å². The summed E-state index contributed by atoms with van der Waals surface area (Å²) in [4.78, 5) is 19.8. The Balaban J connectivity index is 0.000000107. The van der Waals surface area contributed by atoms with Gasteiger partial charge in [-0.25, -0.2) is 9.59 Å². The fraction of sp³-hybridized carbons (Fsp3) is 0.455. The van der Waals surface area contributed by atoms with Crippen molar-refractivity contribution < 1.29 is 14.3 Å². The minimum atomic E-state index is -0.579. The first-order valence-corrected chi connectivity index (χ1v) is 4.86. The Morgan fingerprint density at radius 2 is 1.93 bits per heavy atom. The quantitative estimate of drug-likeness (QED) is 0.333. The highest BCUT2D eigenvalue weighted by molar-refractivity contribution is 6.04. The molecule has 1 unspecified atom stereocenters. The molecular formula is C11H12O3. The second-order valence-electron chi connectivity index (χ2n) is 3.78. The lowest BCUT2D eigenvalue weighted by atomic mass is 10.1. The monoisotopic (exact) mass is 192 g/mol. The van der Waals surface area contributed by atoms with E-state index in [0.29, 0.717) is 0 Å². The molecule has 1 atom stereocenters. The van der Waals surface area contributed by atoms with E-state index in [9.17, 15) is 9.59 Å². The lowest BCUT2D eigenvalue weighted by molar-refractivity contribution is -0.150. The zero-order chi connectivity index (χ0) is 9.97. The van der Waals surface area contributed by atoms with Crippen molar-refractivity contribution in [3.05, 3.63) is 23.8 Å². The number of hydrogen-bond donors (Lipinski definition) is 0. The molecule has 0 N–H and O–H groups in total. The van der Waals surface area contributed by atoms with Gasteiger partial charge in [-0.05, 0) is 31.6 Å². The standard InChI is InChI=1S/C7H10.C4H2O3/c1-2-7-4-3-6(1)5-7;5-3-1-2-4(6)7-3/h1,7H,2-5H2;1-2H. The van der Waals surface area contributed by atoms with Gasteiger partial charge < -0.3 is 4.74 Å². The topological polar surface area (TPSA) is 43.4 Å². The van der Waals surface area contributed by atoms with E-state index in [4.69, 9.17) is 0 Å². The average Bonchev–Trinajstić information content (AvgIpc) is 2.84. The summed E-state index contributed by atoms with van der Waals surface area (Å²) in [6.45, 7) is 0. The normalized spacial score (nSPS) is 27.1. The SMILES string of the molecule is C1=C2CCC(C1)C2.O=C1C=CC(=O)O1. The molecule has 3 heteroatoms. The van der Waals surface area contributed by atoms with Gasteiger partial charge in [0.1, 0.15) is 0 Å². The van der Waals surface area contributed by atoms with E-state index in [0.717, 1.165) is 18.1 Å². The van der Waals surface area contributed by atoms with E-state index in [2.05, 4.69) is 10.8 Å². The Bertz CT molecular complexity index is 309. The summed E-state index contributed by atoms with van der Waals surface area (Å²) in [6.07, 6.45) is 10.4. The number of cyclic esters (lactones) is 2. The Morgan fingerprint density at radius 3 is 2.07 bits per heavy atom. The molecule has 3 rings (SSSR count). The van der Waals surface area contributed by atoms with Gasteiger partial charge in [-0.1, -0.05) is 11.6 Å². The lowest BCUT2D eigenvalue weighted by Crippen LogP contribution is -1.96. The predicted molar refractivity (Wildman–Crippen MR) is 50.3 cm³/mol. The highest BCUT2D eigenvalue weighted by Gasteiger charge is 2.22. The van der Waals surface area contributed by atoms with Gasteiger partial charge in [-0.3, -0.25) is 0 Å². The minimum absolute atomic E-state index is 0.579. The molecule has 14 heavy (non-hydrogen) atoms. The predicted octanol–water partition coefficient (Wildman–Crippen LogP) is 1.74. The Labute approximate surface area is 82.4 Å². The molecule has 0 aromatic heterocycles. The van der Waals surface area contributed by atoms with Crippen LogP contribution in [0, 0.1) is 5.92 Å². The maximum absolute atomic E-state index is 9.92. The molecule has 1 aliphatic heterocycles. The third-order valence-electron chi connectivity index (χ3n) is 2.72. The molecule has 1 fully saturated rings. The van der Waals surface area contributed by atoms with Crippen LogP contribution in [0.3, 0.4) is 0 Å². The average molecular weight is 192 g/mol. The van der Waals surface area contributed by atoms with E-state index in [-0.39, 0.29) is 0 Å². The molecule has 2 aliphatic carbocycles. The van der Waals surface area contributed by atoms with Gasteiger partial charge in [0, 0.05) is 12.2 Å². The van der Waals surface area contributed by atoms with Gasteiger partial charge in [0.25, 0.3) is 0 Å². The number of esters is 2. The van der Waals surface area contributed by atoms with Crippen LogP contribution in [0.2, 0.25) is 0 Å². The van der Waals surface area contributed by atoms with Gasteiger partial charge >= 0.3 is 11.9 Å². The van der Waals surface area contributed by atoms with E-state index in [1.54, 1.807) is 5.57 Å². The van der Waals surface area contributed by atoms with Crippen LogP contribution in [-0.2, 0) is 14.3 Å². The fourth-order valence-corrected chi connectivity index (χ4v) is 1.99. The number of allylic oxidation sites excluding steroid dienone is 2. The van der Waals surface area contributed by atoms with Crippen LogP contribution in [0.5, 0.6) is 0 Å². The van der Waals surface area contributed by atoms with E-state index < -0.39 is 11.9 Å². The van der Waals surface area contributed by atoms with Crippen molar-refractivity contribution >= 4 is 11.9 Å². The molecular weight excluding hydrogens is 180 g/mol. The van der Waals surface area contributed by atoms with Crippen LogP contribution in [0.4, 0.5) is 0 Å². The largest absolute Gasteiger partial charge is 0.387 e. The molecule has 0 aromatic rings. The lowest BCUT2D eigenvalue weighted by Gasteiger charge is -1.98. The van der Waals surface area contributed by atoms with Crippen molar-refractivity contribution in [2.45, 2.75) is 25.7 Å². The van der Waals surface area contributed by atoms with Crippen molar-refractivity contribution in [1.29, 1.82) is 0 Å². The molecule has 0 spiro atoms. The highest BCUT2D eigenvalue weighted by atomic mass is 16.6. The molecule has 0 radical (unpaired) electrons. The maximum atomic E-state index is 9.92. The second-order valence-corrected chi connectivity index (χ2v) is 3.78. The fourth-order valence-electron chi connectivity index (χ4n) is 1.99. The van der Waals surface area contributed by atoms with Gasteiger partial charge in [-0.2, -0.15) is 0 Å². The van der Waals surface area contributed by atoms with Crippen LogP contribution >= 0.6 is 0 Å². The first-order valence-electron chi connectivity index (χ1n) is 4.86. The summed E-state index contributed by atoms with van der Waals surface area (Å²) in [5, 5.41) is 0. The van der Waals surface area contributed by atoms with Crippen molar-refractivity contribution in [3.63, 3.8) is 0 Å². The van der Waals surface area contributed by atoms with Crippen LogP contribution < -0.4 is 0 Å². The number of ether oxygens (including phenoxy) is 1. The van der Waals surface area contributed by atoms with Crippen LogP contribution in [0.1, 0.15) is 25.7 Å². The van der Waals surface area contributed by atoms with Gasteiger partial charge in [0.05, 0.1) is 0 Å². The maximum Gasteiger partial charge on any atom is 0.338 e. The van der Waals surface area contributed by atoms with Crippen molar-refractivity contribution in [2.75, 3.05) is 0 Å². The first-order chi connectivity index (χ1) is 6.74. The number of hydrogen-bond acceptors (Lipinski definition) is 3. The molecule has 3 aliphatic rings. The number of carbonyl (C=O) groups excluding carboxylic acids is 2. The van der Waals surface area contributed by atoms with Gasteiger partial charge in [0.15, 0.2) is 0 Å². The van der Waals surface area contributed by atoms with Crippen LogP contribution in [0.15, 0.2) is 23.8 Å². The number of rotatable bonds is 0. The van der Waals surface area contributed by atoms with E-state index >= 15 is 0 Å². The van der Waals surface area contributed by atoms with Crippen molar-refractivity contribution in [2.24, 2.45) is 5.92 Å². The molecule has 74 valence electrons. The molecule has 2 bridgehead atoms. The Kier molecular flexibility index (Phi) is 2.48. The Hall–Kier alpha value is -1.38. The summed E-state index contributed by atoms with van der Waals surface area (Å²) in [5.41, 5.74) is 1.74. The molecule has 0 aromatic carbocycles. The molecule has 3 nitrogen and oxygen atoms in total. The summed E-state index contributed by atoms with van der Waals surface area (Å²) in [7, 11) is 0. The molecule has 1 saturated carbocycles.